The molecule has 4 rings (SSSR count). The van der Waals surface area contributed by atoms with E-state index < -0.39 is 0 Å². The van der Waals surface area contributed by atoms with Gasteiger partial charge in [-0.3, -0.25) is 4.98 Å². The summed E-state index contributed by atoms with van der Waals surface area (Å²) in [6.07, 6.45) is 7.71. The van der Waals surface area contributed by atoms with Gasteiger partial charge in [0.05, 0.1) is 5.52 Å². The number of nitrogens with zero attached hydrogens (tertiary/aromatic N) is 1. The van der Waals surface area contributed by atoms with Crippen LogP contribution in [-0.4, -0.2) is 11.5 Å². The first-order valence-corrected chi connectivity index (χ1v) is 7.40. The van der Waals surface area contributed by atoms with E-state index in [1.54, 1.807) is 0 Å². The van der Waals surface area contributed by atoms with E-state index in [9.17, 15) is 0 Å². The molecule has 2 aliphatic rings. The van der Waals surface area contributed by atoms with Gasteiger partial charge >= 0.3 is 0 Å². The molecule has 98 valence electrons. The first kappa shape index (κ1) is 11.4. The average molecular weight is 252 g/mol. The van der Waals surface area contributed by atoms with Crippen LogP contribution in [0.25, 0.3) is 10.9 Å². The van der Waals surface area contributed by atoms with Crippen molar-refractivity contribution in [3.63, 3.8) is 0 Å². The summed E-state index contributed by atoms with van der Waals surface area (Å²) in [7, 11) is 0. The minimum atomic E-state index is 0.693. The second-order valence-corrected chi connectivity index (χ2v) is 6.27. The van der Waals surface area contributed by atoms with Gasteiger partial charge in [0.25, 0.3) is 0 Å². The molecule has 1 aromatic heterocycles. The van der Waals surface area contributed by atoms with Crippen LogP contribution >= 0.6 is 0 Å². The maximum absolute atomic E-state index is 4.36. The third kappa shape index (κ3) is 2.25. The third-order valence-electron chi connectivity index (χ3n) is 4.81. The Bertz CT molecular complexity index is 597. The minimum absolute atomic E-state index is 0.693. The summed E-state index contributed by atoms with van der Waals surface area (Å²) in [5.74, 6) is 1.04. The number of hydrogen-bond donors (Lipinski definition) is 1. The number of fused-ring (bicyclic) bond motifs is 1. The number of rotatable bonds is 5. The lowest BCUT2D eigenvalue weighted by Gasteiger charge is -2.15. The van der Waals surface area contributed by atoms with Crippen LogP contribution < -0.4 is 5.32 Å². The summed E-state index contributed by atoms with van der Waals surface area (Å²) in [6, 6.07) is 10.7. The Kier molecular flexibility index (Phi) is 2.59. The maximum Gasteiger partial charge on any atom is 0.0702 e. The molecule has 0 unspecified atom stereocenters. The van der Waals surface area contributed by atoms with Crippen LogP contribution in [0.15, 0.2) is 36.5 Å². The molecule has 0 atom stereocenters. The van der Waals surface area contributed by atoms with Gasteiger partial charge in [0.2, 0.25) is 0 Å². The molecule has 0 saturated heterocycles. The Morgan fingerprint density at radius 2 is 2.11 bits per heavy atom. The number of pyridine rings is 1. The van der Waals surface area contributed by atoms with Crippen molar-refractivity contribution in [2.45, 2.75) is 32.2 Å². The van der Waals surface area contributed by atoms with Crippen molar-refractivity contribution in [2.24, 2.45) is 11.3 Å². The van der Waals surface area contributed by atoms with Crippen LogP contribution in [-0.2, 0) is 6.54 Å². The van der Waals surface area contributed by atoms with E-state index in [0.717, 1.165) is 18.0 Å². The van der Waals surface area contributed by atoms with Crippen molar-refractivity contribution in [2.75, 3.05) is 6.54 Å². The van der Waals surface area contributed by atoms with E-state index in [2.05, 4.69) is 34.6 Å². The summed E-state index contributed by atoms with van der Waals surface area (Å²) < 4.78 is 0. The molecule has 2 aromatic rings. The van der Waals surface area contributed by atoms with Crippen LogP contribution in [0.4, 0.5) is 0 Å². The van der Waals surface area contributed by atoms with E-state index in [-0.39, 0.29) is 0 Å². The molecule has 1 aromatic carbocycles. The van der Waals surface area contributed by atoms with Crippen molar-refractivity contribution in [3.05, 3.63) is 42.1 Å². The number of aromatic nitrogens is 1. The van der Waals surface area contributed by atoms with Gasteiger partial charge in [-0.2, -0.15) is 0 Å². The fourth-order valence-electron chi connectivity index (χ4n) is 3.28. The lowest BCUT2D eigenvalue weighted by molar-refractivity contribution is 0.403. The number of benzene rings is 1. The van der Waals surface area contributed by atoms with Gasteiger partial charge in [0, 0.05) is 24.7 Å². The molecule has 0 spiro atoms. The Morgan fingerprint density at radius 3 is 2.89 bits per heavy atom. The molecular formula is C17H20N2. The van der Waals surface area contributed by atoms with Gasteiger partial charge < -0.3 is 5.32 Å². The van der Waals surface area contributed by atoms with Gasteiger partial charge in [-0.1, -0.05) is 12.1 Å². The summed E-state index contributed by atoms with van der Waals surface area (Å²) >= 11 is 0. The van der Waals surface area contributed by atoms with Crippen LogP contribution in [0.1, 0.15) is 31.2 Å². The van der Waals surface area contributed by atoms with Crippen LogP contribution in [0, 0.1) is 11.3 Å². The predicted octanol–water partition coefficient (Wildman–Crippen LogP) is 3.51. The van der Waals surface area contributed by atoms with E-state index in [1.165, 1.54) is 43.2 Å². The van der Waals surface area contributed by atoms with Crippen LogP contribution in [0.2, 0.25) is 0 Å². The molecule has 0 radical (unpaired) electrons. The summed E-state index contributed by atoms with van der Waals surface area (Å²) in [5, 5.41) is 4.91. The molecule has 1 N–H and O–H groups in total. The molecule has 2 saturated carbocycles. The van der Waals surface area contributed by atoms with Gasteiger partial charge in [0.15, 0.2) is 0 Å². The lowest BCUT2D eigenvalue weighted by Crippen LogP contribution is -2.24. The Balaban J connectivity index is 1.41. The van der Waals surface area contributed by atoms with E-state index in [0.29, 0.717) is 5.41 Å². The van der Waals surface area contributed by atoms with Gasteiger partial charge in [-0.15, -0.1) is 0 Å². The molecule has 0 aliphatic heterocycles. The Labute approximate surface area is 114 Å². The zero-order chi connectivity index (χ0) is 12.7. The summed E-state index contributed by atoms with van der Waals surface area (Å²) in [6.45, 7) is 2.20. The highest BCUT2D eigenvalue weighted by atomic mass is 14.9. The quantitative estimate of drug-likeness (QED) is 0.880. The first-order valence-electron chi connectivity index (χ1n) is 7.40. The highest BCUT2D eigenvalue weighted by Gasteiger charge is 2.53. The molecule has 2 aliphatic carbocycles. The van der Waals surface area contributed by atoms with Gasteiger partial charge in [-0.25, -0.2) is 0 Å². The average Bonchev–Trinajstić information content (AvgIpc) is 3.31. The third-order valence-corrected chi connectivity index (χ3v) is 4.81. The minimum Gasteiger partial charge on any atom is -0.312 e. The normalized spacial score (nSPS) is 20.6. The molecule has 2 heteroatoms. The molecular weight excluding hydrogens is 232 g/mol. The topological polar surface area (TPSA) is 24.9 Å². The second kappa shape index (κ2) is 4.31. The van der Waals surface area contributed by atoms with Crippen LogP contribution in [0.3, 0.4) is 0 Å². The van der Waals surface area contributed by atoms with Crippen molar-refractivity contribution in [1.29, 1.82) is 0 Å². The smallest absolute Gasteiger partial charge is 0.0702 e. The SMILES string of the molecule is c1cnc2ccc(CNCC3(C4CC4)CC3)cc2c1. The molecule has 2 fully saturated rings. The zero-order valence-corrected chi connectivity index (χ0v) is 11.2. The highest BCUT2D eigenvalue weighted by Crippen LogP contribution is 2.60. The standard InChI is InChI=1S/C17H20N2/c1-2-14-10-13(3-6-16(14)19-9-1)11-18-12-17(7-8-17)15-4-5-15/h1-3,6,9-10,15,18H,4-5,7-8,11-12H2. The summed E-state index contributed by atoms with van der Waals surface area (Å²) in [5.41, 5.74) is 3.15. The van der Waals surface area contributed by atoms with Crippen molar-refractivity contribution in [1.82, 2.24) is 10.3 Å². The zero-order valence-electron chi connectivity index (χ0n) is 11.2. The monoisotopic (exact) mass is 252 g/mol. The molecule has 0 amide bonds. The molecule has 19 heavy (non-hydrogen) atoms. The van der Waals surface area contributed by atoms with E-state index >= 15 is 0 Å². The van der Waals surface area contributed by atoms with Crippen LogP contribution in [0.5, 0.6) is 0 Å². The molecule has 1 heterocycles. The van der Waals surface area contributed by atoms with Gasteiger partial charge in [0.1, 0.15) is 0 Å². The predicted molar refractivity (Wildman–Crippen MR) is 77.8 cm³/mol. The Hall–Kier alpha value is -1.41. The van der Waals surface area contributed by atoms with Crippen molar-refractivity contribution in [3.8, 4) is 0 Å². The first-order chi connectivity index (χ1) is 9.36. The number of nitrogens with one attached hydrogen (secondary N) is 1. The molecule has 0 bridgehead atoms. The fourth-order valence-corrected chi connectivity index (χ4v) is 3.28. The van der Waals surface area contributed by atoms with E-state index in [4.69, 9.17) is 0 Å². The number of hydrogen-bond acceptors (Lipinski definition) is 2. The largest absolute Gasteiger partial charge is 0.312 e. The van der Waals surface area contributed by atoms with Gasteiger partial charge in [-0.05, 0) is 60.8 Å². The fraction of sp³-hybridized carbons (Fsp3) is 0.471. The van der Waals surface area contributed by atoms with E-state index in [1.807, 2.05) is 12.3 Å². The van der Waals surface area contributed by atoms with Crippen molar-refractivity contribution < 1.29 is 0 Å². The van der Waals surface area contributed by atoms with Crippen molar-refractivity contribution >= 4 is 10.9 Å². The molecule has 2 nitrogen and oxygen atoms in total. The summed E-state index contributed by atoms with van der Waals surface area (Å²) in [4.78, 5) is 4.36. The lowest BCUT2D eigenvalue weighted by atomic mass is 10.0. The highest BCUT2D eigenvalue weighted by molar-refractivity contribution is 5.78. The maximum atomic E-state index is 4.36. The Morgan fingerprint density at radius 1 is 1.21 bits per heavy atom. The second-order valence-electron chi connectivity index (χ2n) is 6.27.